The van der Waals surface area contributed by atoms with Gasteiger partial charge in [-0.25, -0.2) is 4.79 Å². The Bertz CT molecular complexity index is 837. The van der Waals surface area contributed by atoms with Crippen LogP contribution in [0.3, 0.4) is 0 Å². The van der Waals surface area contributed by atoms with Crippen molar-refractivity contribution in [2.45, 2.75) is 13.8 Å². The average molecular weight is 282 g/mol. The minimum atomic E-state index is -0.989. The van der Waals surface area contributed by atoms with Crippen molar-refractivity contribution in [1.29, 1.82) is 0 Å². The van der Waals surface area contributed by atoms with Crippen LogP contribution in [-0.2, 0) is 0 Å². The quantitative estimate of drug-likeness (QED) is 0.762. The molecule has 5 heteroatoms. The van der Waals surface area contributed by atoms with Gasteiger partial charge in [0.15, 0.2) is 5.58 Å². The maximum Gasteiger partial charge on any atom is 0.335 e. The molecule has 0 saturated carbocycles. The summed E-state index contributed by atoms with van der Waals surface area (Å²) < 4.78 is 5.56. The fourth-order valence-corrected chi connectivity index (χ4v) is 2.18. The van der Waals surface area contributed by atoms with Crippen molar-refractivity contribution in [3.05, 3.63) is 53.1 Å². The molecule has 1 heterocycles. The first-order valence-electron chi connectivity index (χ1n) is 6.51. The highest BCUT2D eigenvalue weighted by Gasteiger charge is 2.10. The van der Waals surface area contributed by atoms with Gasteiger partial charge in [0.25, 0.3) is 6.01 Å². The summed E-state index contributed by atoms with van der Waals surface area (Å²) in [5, 5.41) is 12.1. The van der Waals surface area contributed by atoms with Crippen LogP contribution in [0.2, 0.25) is 0 Å². The Morgan fingerprint density at radius 2 is 2.00 bits per heavy atom. The highest BCUT2D eigenvalue weighted by Crippen LogP contribution is 2.25. The molecule has 106 valence electrons. The number of carboxylic acids is 1. The number of hydrogen-bond acceptors (Lipinski definition) is 4. The van der Waals surface area contributed by atoms with Gasteiger partial charge in [-0.15, -0.1) is 0 Å². The zero-order valence-corrected chi connectivity index (χ0v) is 11.7. The number of hydrogen-bond donors (Lipinski definition) is 2. The lowest BCUT2D eigenvalue weighted by molar-refractivity contribution is 0.0697. The van der Waals surface area contributed by atoms with Gasteiger partial charge >= 0.3 is 5.97 Å². The van der Waals surface area contributed by atoms with Crippen LogP contribution in [0.1, 0.15) is 21.5 Å². The molecule has 0 bridgehead atoms. The summed E-state index contributed by atoms with van der Waals surface area (Å²) in [4.78, 5) is 15.2. The Morgan fingerprint density at radius 1 is 1.19 bits per heavy atom. The number of nitrogens with zero attached hydrogens (tertiary/aromatic N) is 1. The number of oxazole rings is 1. The summed E-state index contributed by atoms with van der Waals surface area (Å²) in [5.74, 6) is -0.989. The molecule has 3 rings (SSSR count). The Hall–Kier alpha value is -2.82. The molecule has 0 unspecified atom stereocenters. The monoisotopic (exact) mass is 282 g/mol. The predicted molar refractivity (Wildman–Crippen MR) is 80.2 cm³/mol. The maximum atomic E-state index is 10.9. The first kappa shape index (κ1) is 13.2. The number of carboxylic acid groups (broad SMARTS) is 1. The van der Waals surface area contributed by atoms with Gasteiger partial charge in [-0.3, -0.25) is 0 Å². The van der Waals surface area contributed by atoms with E-state index < -0.39 is 5.97 Å². The predicted octanol–water partition coefficient (Wildman–Crippen LogP) is 3.89. The molecule has 0 spiro atoms. The minimum absolute atomic E-state index is 0.178. The SMILES string of the molecule is Cc1ccc(Nc2nc3ccc(C(=O)O)cc3o2)c(C)c1. The number of aromatic carboxylic acids is 1. The van der Waals surface area contributed by atoms with Crippen LogP contribution in [0.5, 0.6) is 0 Å². The van der Waals surface area contributed by atoms with Crippen LogP contribution in [0.4, 0.5) is 11.7 Å². The lowest BCUT2D eigenvalue weighted by Crippen LogP contribution is -1.94. The van der Waals surface area contributed by atoms with E-state index in [1.54, 1.807) is 6.07 Å². The smallest absolute Gasteiger partial charge is 0.335 e. The highest BCUT2D eigenvalue weighted by atomic mass is 16.4. The van der Waals surface area contributed by atoms with Gasteiger partial charge in [-0.2, -0.15) is 4.98 Å². The molecule has 3 aromatic rings. The van der Waals surface area contributed by atoms with Gasteiger partial charge in [0.2, 0.25) is 0 Å². The van der Waals surface area contributed by atoms with Crippen molar-refractivity contribution in [2.75, 3.05) is 5.32 Å². The van der Waals surface area contributed by atoms with Gasteiger partial charge < -0.3 is 14.8 Å². The van der Waals surface area contributed by atoms with E-state index >= 15 is 0 Å². The second kappa shape index (κ2) is 4.94. The van der Waals surface area contributed by atoms with Crippen LogP contribution in [0, 0.1) is 13.8 Å². The molecule has 2 aromatic carbocycles. The number of fused-ring (bicyclic) bond motifs is 1. The Morgan fingerprint density at radius 3 is 2.71 bits per heavy atom. The fraction of sp³-hybridized carbons (Fsp3) is 0.125. The van der Waals surface area contributed by atoms with Crippen molar-refractivity contribution in [3.8, 4) is 0 Å². The Kier molecular flexibility index (Phi) is 3.10. The third-order valence-electron chi connectivity index (χ3n) is 3.26. The zero-order chi connectivity index (χ0) is 15.0. The largest absolute Gasteiger partial charge is 0.478 e. The van der Waals surface area contributed by atoms with E-state index in [9.17, 15) is 4.79 Å². The second-order valence-corrected chi connectivity index (χ2v) is 4.95. The van der Waals surface area contributed by atoms with Crippen molar-refractivity contribution < 1.29 is 14.3 Å². The molecule has 0 atom stereocenters. The molecule has 0 fully saturated rings. The normalized spacial score (nSPS) is 10.8. The molecule has 0 radical (unpaired) electrons. The fourth-order valence-electron chi connectivity index (χ4n) is 2.18. The molecule has 1 aromatic heterocycles. The van der Waals surface area contributed by atoms with Crippen molar-refractivity contribution in [1.82, 2.24) is 4.98 Å². The number of aryl methyl sites for hydroxylation is 2. The van der Waals surface area contributed by atoms with Gasteiger partial charge in [0, 0.05) is 5.69 Å². The van der Waals surface area contributed by atoms with E-state index in [0.717, 1.165) is 11.3 Å². The van der Waals surface area contributed by atoms with Gasteiger partial charge in [0.1, 0.15) is 5.52 Å². The van der Waals surface area contributed by atoms with Gasteiger partial charge in [0.05, 0.1) is 5.56 Å². The summed E-state index contributed by atoms with van der Waals surface area (Å²) in [6.45, 7) is 4.03. The third kappa shape index (κ3) is 2.58. The summed E-state index contributed by atoms with van der Waals surface area (Å²) in [6, 6.07) is 11.0. The average Bonchev–Trinajstić information content (AvgIpc) is 2.83. The van der Waals surface area contributed by atoms with Crippen LogP contribution in [0.15, 0.2) is 40.8 Å². The van der Waals surface area contributed by atoms with Crippen LogP contribution in [-0.4, -0.2) is 16.1 Å². The number of carbonyl (C=O) groups is 1. The number of aromatic nitrogens is 1. The molecule has 0 amide bonds. The number of rotatable bonds is 3. The molecule has 0 aliphatic rings. The number of nitrogens with one attached hydrogen (secondary N) is 1. The van der Waals surface area contributed by atoms with Crippen LogP contribution >= 0.6 is 0 Å². The van der Waals surface area contributed by atoms with Gasteiger partial charge in [-0.1, -0.05) is 17.7 Å². The van der Waals surface area contributed by atoms with E-state index in [0.29, 0.717) is 17.1 Å². The van der Waals surface area contributed by atoms with Crippen molar-refractivity contribution >= 4 is 28.8 Å². The van der Waals surface area contributed by atoms with Crippen molar-refractivity contribution in [3.63, 3.8) is 0 Å². The lowest BCUT2D eigenvalue weighted by Gasteiger charge is -2.06. The second-order valence-electron chi connectivity index (χ2n) is 4.95. The summed E-state index contributed by atoms with van der Waals surface area (Å²) >= 11 is 0. The van der Waals surface area contributed by atoms with Crippen LogP contribution < -0.4 is 5.32 Å². The Labute approximate surface area is 121 Å². The zero-order valence-electron chi connectivity index (χ0n) is 11.7. The van der Waals surface area contributed by atoms with E-state index in [1.165, 1.54) is 17.7 Å². The van der Waals surface area contributed by atoms with E-state index in [2.05, 4.69) is 16.4 Å². The van der Waals surface area contributed by atoms with Crippen molar-refractivity contribution in [2.24, 2.45) is 0 Å². The molecule has 2 N–H and O–H groups in total. The van der Waals surface area contributed by atoms with Gasteiger partial charge in [-0.05, 0) is 43.7 Å². The van der Waals surface area contributed by atoms with Crippen LogP contribution in [0.25, 0.3) is 11.1 Å². The van der Waals surface area contributed by atoms with E-state index in [4.69, 9.17) is 9.52 Å². The lowest BCUT2D eigenvalue weighted by atomic mass is 10.1. The minimum Gasteiger partial charge on any atom is -0.478 e. The third-order valence-corrected chi connectivity index (χ3v) is 3.26. The Balaban J connectivity index is 1.95. The van der Waals surface area contributed by atoms with E-state index in [1.807, 2.05) is 26.0 Å². The summed E-state index contributed by atoms with van der Waals surface area (Å²) in [6.07, 6.45) is 0. The highest BCUT2D eigenvalue weighted by molar-refractivity contribution is 5.92. The first-order chi connectivity index (χ1) is 10.0. The number of anilines is 2. The summed E-state index contributed by atoms with van der Waals surface area (Å²) in [5.41, 5.74) is 4.42. The maximum absolute atomic E-state index is 10.9. The summed E-state index contributed by atoms with van der Waals surface area (Å²) in [7, 11) is 0. The van der Waals surface area contributed by atoms with E-state index in [-0.39, 0.29) is 5.56 Å². The number of benzene rings is 2. The molecule has 0 aliphatic carbocycles. The molecular weight excluding hydrogens is 268 g/mol. The first-order valence-corrected chi connectivity index (χ1v) is 6.51. The molecule has 21 heavy (non-hydrogen) atoms. The molecule has 0 saturated heterocycles. The molecule has 5 nitrogen and oxygen atoms in total. The molecular formula is C16H14N2O3. The standard InChI is InChI=1S/C16H14N2O3/c1-9-3-5-12(10(2)7-9)17-16-18-13-6-4-11(15(19)20)8-14(13)21-16/h3-8H,1-2H3,(H,17,18)(H,19,20). The topological polar surface area (TPSA) is 75.4 Å². The molecule has 0 aliphatic heterocycles.